The van der Waals surface area contributed by atoms with E-state index in [-0.39, 0.29) is 11.3 Å². The molecule has 1 aromatic rings. The lowest BCUT2D eigenvalue weighted by Crippen LogP contribution is -2.22. The number of nitrogens with two attached hydrogens (primary N) is 1. The number of aliphatic hydroxyl groups excluding tert-OH is 2. The number of halogens is 3. The molecule has 10 heteroatoms. The van der Waals surface area contributed by atoms with Crippen molar-refractivity contribution < 1.29 is 28.1 Å². The molecule has 0 saturated heterocycles. The normalized spacial score (nSPS) is 14.2. The van der Waals surface area contributed by atoms with Gasteiger partial charge in [0, 0.05) is 4.91 Å². The van der Waals surface area contributed by atoms with Gasteiger partial charge in [0.25, 0.3) is 0 Å². The molecule has 4 N–H and O–H groups in total. The zero-order valence-corrected chi connectivity index (χ0v) is 9.95. The lowest BCUT2D eigenvalue weighted by molar-refractivity contribution is -0.274. The van der Waals surface area contributed by atoms with Crippen LogP contribution in [0.1, 0.15) is 11.7 Å². The molecule has 0 aliphatic rings. The maximum atomic E-state index is 12.1. The van der Waals surface area contributed by atoms with Gasteiger partial charge in [-0.2, -0.15) is 0 Å². The fraction of sp³-hybridized carbons (Fsp3) is 0.400. The van der Waals surface area contributed by atoms with Crippen LogP contribution in [0.4, 0.5) is 18.9 Å². The minimum Gasteiger partial charge on any atom is -0.404 e. The van der Waals surface area contributed by atoms with Gasteiger partial charge in [-0.25, -0.2) is 0 Å². The van der Waals surface area contributed by atoms with Gasteiger partial charge in [0.1, 0.15) is 6.10 Å². The van der Waals surface area contributed by atoms with E-state index in [1.54, 1.807) is 0 Å². The predicted molar refractivity (Wildman–Crippen MR) is 62.5 cm³/mol. The fourth-order valence-electron chi connectivity index (χ4n) is 1.39. The third kappa shape index (κ3) is 4.50. The average molecular weight is 292 g/mol. The number of nitrogens with zero attached hydrogens (tertiary/aromatic N) is 3. The molecule has 0 radical (unpaired) electrons. The standard InChI is InChI=1S/C10H11F3N4O3/c11-10(12,13)20-8-3-5(1-2-6(8)14)9(19)7(18)4-16-17-15/h1-3,7,9,18-19H,4,14H2. The van der Waals surface area contributed by atoms with E-state index in [2.05, 4.69) is 14.8 Å². The van der Waals surface area contributed by atoms with Crippen LogP contribution >= 0.6 is 0 Å². The van der Waals surface area contributed by atoms with E-state index < -0.39 is 30.9 Å². The van der Waals surface area contributed by atoms with Gasteiger partial charge < -0.3 is 20.7 Å². The highest BCUT2D eigenvalue weighted by atomic mass is 19.4. The second-order valence-corrected chi connectivity index (χ2v) is 3.77. The van der Waals surface area contributed by atoms with Crippen LogP contribution in [0.15, 0.2) is 23.3 Å². The number of anilines is 1. The molecule has 0 aromatic heterocycles. The maximum Gasteiger partial charge on any atom is 0.573 e. The van der Waals surface area contributed by atoms with Gasteiger partial charge in [-0.1, -0.05) is 11.2 Å². The van der Waals surface area contributed by atoms with Gasteiger partial charge in [0.05, 0.1) is 18.3 Å². The summed E-state index contributed by atoms with van der Waals surface area (Å²) >= 11 is 0. The second kappa shape index (κ2) is 6.33. The highest BCUT2D eigenvalue weighted by Gasteiger charge is 2.32. The van der Waals surface area contributed by atoms with Crippen molar-refractivity contribution in [2.45, 2.75) is 18.6 Å². The minimum atomic E-state index is -4.93. The number of nitrogen functional groups attached to an aromatic ring is 1. The van der Waals surface area contributed by atoms with Gasteiger partial charge in [0.15, 0.2) is 5.75 Å². The second-order valence-electron chi connectivity index (χ2n) is 3.77. The van der Waals surface area contributed by atoms with E-state index in [0.29, 0.717) is 0 Å². The average Bonchev–Trinajstić information content (AvgIpc) is 2.36. The van der Waals surface area contributed by atoms with Crippen molar-refractivity contribution in [2.75, 3.05) is 12.3 Å². The van der Waals surface area contributed by atoms with Crippen molar-refractivity contribution >= 4 is 5.69 Å². The zero-order chi connectivity index (χ0) is 15.3. The fourth-order valence-corrected chi connectivity index (χ4v) is 1.39. The molecule has 1 rings (SSSR count). The molecular weight excluding hydrogens is 281 g/mol. The van der Waals surface area contributed by atoms with Crippen LogP contribution < -0.4 is 10.5 Å². The summed E-state index contributed by atoms with van der Waals surface area (Å²) in [4.78, 5) is 2.39. The SMILES string of the molecule is [N-]=[N+]=NCC(O)C(O)c1ccc(N)c(OC(F)(F)F)c1. The molecule has 0 aliphatic carbocycles. The number of azide groups is 1. The summed E-state index contributed by atoms with van der Waals surface area (Å²) in [5.41, 5.74) is 13.1. The Labute approximate surface area is 111 Å². The van der Waals surface area contributed by atoms with Crippen molar-refractivity contribution in [3.63, 3.8) is 0 Å². The maximum absolute atomic E-state index is 12.1. The molecule has 0 fully saturated rings. The minimum absolute atomic E-state index is 0.0564. The molecule has 0 spiro atoms. The quantitative estimate of drug-likeness (QED) is 0.331. The van der Waals surface area contributed by atoms with Crippen molar-refractivity contribution in [3.8, 4) is 5.75 Å². The molecule has 2 unspecified atom stereocenters. The third-order valence-corrected chi connectivity index (χ3v) is 2.30. The predicted octanol–water partition coefficient (Wildman–Crippen LogP) is 1.87. The molecule has 0 aliphatic heterocycles. The van der Waals surface area contributed by atoms with Crippen LogP contribution in [0.2, 0.25) is 0 Å². The van der Waals surface area contributed by atoms with Crippen molar-refractivity contribution in [2.24, 2.45) is 5.11 Å². The van der Waals surface area contributed by atoms with Crippen molar-refractivity contribution in [3.05, 3.63) is 34.2 Å². The first-order chi connectivity index (χ1) is 9.24. The Morgan fingerprint density at radius 1 is 1.40 bits per heavy atom. The first kappa shape index (κ1) is 15.9. The Kier molecular flexibility index (Phi) is 5.03. The van der Waals surface area contributed by atoms with Gasteiger partial charge in [-0.3, -0.25) is 0 Å². The van der Waals surface area contributed by atoms with Gasteiger partial charge in [-0.15, -0.1) is 13.2 Å². The van der Waals surface area contributed by atoms with Crippen LogP contribution in [-0.4, -0.2) is 29.2 Å². The van der Waals surface area contributed by atoms with Gasteiger partial charge in [-0.05, 0) is 23.2 Å². The van der Waals surface area contributed by atoms with Crippen LogP contribution in [0.25, 0.3) is 10.4 Å². The summed E-state index contributed by atoms with van der Waals surface area (Å²) in [6.07, 6.45) is -7.94. The molecule has 0 amide bonds. The number of rotatable bonds is 5. The van der Waals surface area contributed by atoms with Crippen molar-refractivity contribution in [1.82, 2.24) is 0 Å². The van der Waals surface area contributed by atoms with E-state index in [1.807, 2.05) is 0 Å². The molecule has 7 nitrogen and oxygen atoms in total. The summed E-state index contributed by atoms with van der Waals surface area (Å²) in [6.45, 7) is -0.433. The molecule has 110 valence electrons. The molecule has 2 atom stereocenters. The Morgan fingerprint density at radius 3 is 2.60 bits per heavy atom. The Bertz CT molecular complexity index is 517. The summed E-state index contributed by atoms with van der Waals surface area (Å²) in [7, 11) is 0. The molecule has 20 heavy (non-hydrogen) atoms. The van der Waals surface area contributed by atoms with E-state index in [9.17, 15) is 23.4 Å². The number of ether oxygens (including phenoxy) is 1. The molecule has 0 bridgehead atoms. The monoisotopic (exact) mass is 292 g/mol. The van der Waals surface area contributed by atoms with E-state index in [1.165, 1.54) is 6.07 Å². The number of hydrogen-bond donors (Lipinski definition) is 3. The molecular formula is C10H11F3N4O3. The van der Waals surface area contributed by atoms with Crippen LogP contribution in [0, 0.1) is 0 Å². The first-order valence-electron chi connectivity index (χ1n) is 5.26. The molecule has 0 heterocycles. The smallest absolute Gasteiger partial charge is 0.404 e. The highest BCUT2D eigenvalue weighted by molar-refractivity contribution is 5.54. The summed E-state index contributed by atoms with van der Waals surface area (Å²) < 4.78 is 40.1. The van der Waals surface area contributed by atoms with Crippen LogP contribution in [-0.2, 0) is 0 Å². The Hall–Kier alpha value is -2.16. The number of hydrogen-bond acceptors (Lipinski definition) is 5. The summed E-state index contributed by atoms with van der Waals surface area (Å²) in [5.74, 6) is -0.690. The highest BCUT2D eigenvalue weighted by Crippen LogP contribution is 2.31. The first-order valence-corrected chi connectivity index (χ1v) is 5.26. The lowest BCUT2D eigenvalue weighted by atomic mass is 10.0. The third-order valence-electron chi connectivity index (χ3n) is 2.30. The van der Waals surface area contributed by atoms with E-state index >= 15 is 0 Å². The largest absolute Gasteiger partial charge is 0.573 e. The van der Waals surface area contributed by atoms with E-state index in [0.717, 1.165) is 12.1 Å². The lowest BCUT2D eigenvalue weighted by Gasteiger charge is -2.18. The van der Waals surface area contributed by atoms with Crippen LogP contribution in [0.5, 0.6) is 5.75 Å². The van der Waals surface area contributed by atoms with Gasteiger partial charge in [0.2, 0.25) is 0 Å². The summed E-state index contributed by atoms with van der Waals surface area (Å²) in [6, 6.07) is 3.18. The number of alkyl halides is 3. The number of aliphatic hydroxyl groups is 2. The van der Waals surface area contributed by atoms with E-state index in [4.69, 9.17) is 11.3 Å². The van der Waals surface area contributed by atoms with Crippen molar-refractivity contribution in [1.29, 1.82) is 0 Å². The number of benzene rings is 1. The Balaban J connectivity index is 2.96. The molecule has 0 saturated carbocycles. The summed E-state index contributed by atoms with van der Waals surface area (Å²) in [5, 5.41) is 22.3. The Morgan fingerprint density at radius 2 is 2.05 bits per heavy atom. The molecule has 1 aromatic carbocycles. The topological polar surface area (TPSA) is 124 Å². The van der Waals surface area contributed by atoms with Crippen LogP contribution in [0.3, 0.4) is 0 Å². The van der Waals surface area contributed by atoms with Gasteiger partial charge >= 0.3 is 6.36 Å². The zero-order valence-electron chi connectivity index (χ0n) is 9.95.